The van der Waals surface area contributed by atoms with Crippen LogP contribution in [0.2, 0.25) is 0 Å². The molecule has 14 heavy (non-hydrogen) atoms. The highest BCUT2D eigenvalue weighted by Gasteiger charge is 2.66. The fourth-order valence-corrected chi connectivity index (χ4v) is 5.04. The molecule has 3 atom stereocenters. The SMILES string of the molecule is O=C1OC[C@]23CCC[C@]12CCC(I)C3. The van der Waals surface area contributed by atoms with Crippen LogP contribution in [0, 0.1) is 10.8 Å². The molecule has 2 saturated carbocycles. The predicted octanol–water partition coefficient (Wildman–Crippen LogP) is 2.69. The highest BCUT2D eigenvalue weighted by Crippen LogP contribution is 2.65. The first kappa shape index (κ1) is 9.43. The molecule has 1 saturated heterocycles. The predicted molar refractivity (Wildman–Crippen MR) is 61.3 cm³/mol. The Kier molecular flexibility index (Phi) is 1.93. The van der Waals surface area contributed by atoms with Crippen molar-refractivity contribution in [2.24, 2.45) is 10.8 Å². The lowest BCUT2D eigenvalue weighted by Gasteiger charge is -2.42. The van der Waals surface area contributed by atoms with Crippen molar-refractivity contribution in [3.63, 3.8) is 0 Å². The largest absolute Gasteiger partial charge is 0.465 e. The van der Waals surface area contributed by atoms with Crippen LogP contribution in [-0.2, 0) is 9.53 Å². The summed E-state index contributed by atoms with van der Waals surface area (Å²) in [5, 5.41) is 0. The summed E-state index contributed by atoms with van der Waals surface area (Å²) in [6, 6.07) is 0. The molecule has 0 radical (unpaired) electrons. The minimum absolute atomic E-state index is 0.0470. The minimum atomic E-state index is -0.0470. The Morgan fingerprint density at radius 2 is 2.21 bits per heavy atom. The first-order chi connectivity index (χ1) is 6.69. The molecular formula is C11H15IO2. The van der Waals surface area contributed by atoms with E-state index in [-0.39, 0.29) is 16.8 Å². The van der Waals surface area contributed by atoms with E-state index >= 15 is 0 Å². The number of carbonyl (C=O) groups excluding carboxylic acids is 1. The molecule has 1 aliphatic heterocycles. The first-order valence-electron chi connectivity index (χ1n) is 5.50. The Bertz CT molecular complexity index is 291. The maximum atomic E-state index is 11.9. The topological polar surface area (TPSA) is 26.3 Å². The zero-order chi connectivity index (χ0) is 9.81. The van der Waals surface area contributed by atoms with Crippen molar-refractivity contribution in [3.8, 4) is 0 Å². The van der Waals surface area contributed by atoms with Gasteiger partial charge in [0.2, 0.25) is 0 Å². The van der Waals surface area contributed by atoms with E-state index in [0.717, 1.165) is 16.8 Å². The summed E-state index contributed by atoms with van der Waals surface area (Å²) in [7, 11) is 0. The van der Waals surface area contributed by atoms with Crippen LogP contribution in [0.15, 0.2) is 0 Å². The smallest absolute Gasteiger partial charge is 0.312 e. The summed E-state index contributed by atoms with van der Waals surface area (Å²) in [6.45, 7) is 0.714. The number of hydrogen-bond donors (Lipinski definition) is 0. The molecule has 78 valence electrons. The van der Waals surface area contributed by atoms with Gasteiger partial charge in [0.25, 0.3) is 0 Å². The molecule has 2 aliphatic carbocycles. The fraction of sp³-hybridized carbons (Fsp3) is 0.909. The molecule has 0 bridgehead atoms. The van der Waals surface area contributed by atoms with Crippen LogP contribution in [-0.4, -0.2) is 16.5 Å². The van der Waals surface area contributed by atoms with Crippen LogP contribution in [0.5, 0.6) is 0 Å². The number of ether oxygens (including phenoxy) is 1. The lowest BCUT2D eigenvalue weighted by Crippen LogP contribution is -2.44. The van der Waals surface area contributed by atoms with E-state index in [0.29, 0.717) is 6.61 Å². The van der Waals surface area contributed by atoms with Gasteiger partial charge < -0.3 is 4.74 Å². The average Bonchev–Trinajstić information content (AvgIpc) is 2.64. The van der Waals surface area contributed by atoms with Gasteiger partial charge >= 0.3 is 5.97 Å². The van der Waals surface area contributed by atoms with E-state index < -0.39 is 0 Å². The van der Waals surface area contributed by atoms with Gasteiger partial charge in [-0.25, -0.2) is 0 Å². The van der Waals surface area contributed by atoms with Crippen LogP contribution >= 0.6 is 22.6 Å². The number of rotatable bonds is 0. The van der Waals surface area contributed by atoms with Gasteiger partial charge in [-0.1, -0.05) is 29.0 Å². The van der Waals surface area contributed by atoms with Crippen molar-refractivity contribution in [2.75, 3.05) is 6.61 Å². The number of alkyl halides is 1. The molecule has 3 heteroatoms. The van der Waals surface area contributed by atoms with Gasteiger partial charge in [-0.15, -0.1) is 0 Å². The second-order valence-corrected chi connectivity index (χ2v) is 6.89. The highest BCUT2D eigenvalue weighted by molar-refractivity contribution is 14.1. The van der Waals surface area contributed by atoms with E-state index in [1.807, 2.05) is 0 Å². The Balaban J connectivity index is 2.04. The monoisotopic (exact) mass is 306 g/mol. The van der Waals surface area contributed by atoms with Crippen molar-refractivity contribution in [3.05, 3.63) is 0 Å². The summed E-state index contributed by atoms with van der Waals surface area (Å²) in [4.78, 5) is 11.9. The number of cyclic esters (lactones) is 1. The fourth-order valence-electron chi connectivity index (χ4n) is 3.88. The molecule has 2 nitrogen and oxygen atoms in total. The second kappa shape index (κ2) is 2.86. The number of hydrogen-bond acceptors (Lipinski definition) is 2. The number of halogens is 1. The number of esters is 1. The molecule has 0 spiro atoms. The Hall–Kier alpha value is 0.200. The van der Waals surface area contributed by atoms with Crippen molar-refractivity contribution in [1.29, 1.82) is 0 Å². The van der Waals surface area contributed by atoms with Gasteiger partial charge in [0.1, 0.15) is 0 Å². The van der Waals surface area contributed by atoms with E-state index in [4.69, 9.17) is 4.74 Å². The lowest BCUT2D eigenvalue weighted by atomic mass is 9.59. The highest BCUT2D eigenvalue weighted by atomic mass is 127. The summed E-state index contributed by atoms with van der Waals surface area (Å²) in [5.74, 6) is 0.123. The maximum Gasteiger partial charge on any atom is 0.312 e. The third-order valence-electron chi connectivity index (χ3n) is 4.64. The quantitative estimate of drug-likeness (QED) is 0.391. The van der Waals surface area contributed by atoms with Gasteiger partial charge in [0.05, 0.1) is 12.0 Å². The summed E-state index contributed by atoms with van der Waals surface area (Å²) in [6.07, 6.45) is 7.04. The van der Waals surface area contributed by atoms with Gasteiger partial charge in [0.15, 0.2) is 0 Å². The molecule has 1 heterocycles. The maximum absolute atomic E-state index is 11.9. The molecule has 0 N–H and O–H groups in total. The Morgan fingerprint density at radius 3 is 3.07 bits per heavy atom. The van der Waals surface area contributed by atoms with Gasteiger partial charge in [-0.05, 0) is 32.1 Å². The molecule has 3 fully saturated rings. The Morgan fingerprint density at radius 1 is 1.36 bits per heavy atom. The average molecular weight is 306 g/mol. The molecule has 0 amide bonds. The van der Waals surface area contributed by atoms with Crippen LogP contribution in [0.4, 0.5) is 0 Å². The van der Waals surface area contributed by atoms with Crippen molar-refractivity contribution in [2.45, 2.75) is 42.4 Å². The third kappa shape index (κ3) is 0.947. The van der Waals surface area contributed by atoms with Crippen LogP contribution in [0.3, 0.4) is 0 Å². The zero-order valence-electron chi connectivity index (χ0n) is 8.22. The van der Waals surface area contributed by atoms with Gasteiger partial charge in [-0.3, -0.25) is 4.79 Å². The van der Waals surface area contributed by atoms with Crippen LogP contribution in [0.25, 0.3) is 0 Å². The summed E-state index contributed by atoms with van der Waals surface area (Å²) < 4.78 is 6.11. The molecule has 3 rings (SSSR count). The van der Waals surface area contributed by atoms with Crippen molar-refractivity contribution >= 4 is 28.6 Å². The third-order valence-corrected chi connectivity index (χ3v) is 5.70. The second-order valence-electron chi connectivity index (χ2n) is 5.13. The van der Waals surface area contributed by atoms with Crippen molar-refractivity contribution in [1.82, 2.24) is 0 Å². The molecular weight excluding hydrogens is 291 g/mol. The van der Waals surface area contributed by atoms with Gasteiger partial charge in [0, 0.05) is 9.34 Å². The van der Waals surface area contributed by atoms with Gasteiger partial charge in [-0.2, -0.15) is 0 Å². The molecule has 0 aromatic rings. The van der Waals surface area contributed by atoms with Crippen LogP contribution in [0.1, 0.15) is 38.5 Å². The first-order valence-corrected chi connectivity index (χ1v) is 6.75. The number of carbonyl (C=O) groups is 1. The summed E-state index contributed by atoms with van der Waals surface area (Å²) in [5.41, 5.74) is 0.197. The van der Waals surface area contributed by atoms with Crippen LogP contribution < -0.4 is 0 Å². The van der Waals surface area contributed by atoms with E-state index in [1.165, 1.54) is 25.7 Å². The minimum Gasteiger partial charge on any atom is -0.465 e. The Labute approximate surface area is 97.9 Å². The molecule has 3 aliphatic rings. The normalized spacial score (nSPS) is 51.2. The lowest BCUT2D eigenvalue weighted by molar-refractivity contribution is -0.147. The van der Waals surface area contributed by atoms with E-state index in [1.54, 1.807) is 0 Å². The van der Waals surface area contributed by atoms with E-state index in [2.05, 4.69) is 22.6 Å². The molecule has 1 unspecified atom stereocenters. The molecule has 0 aromatic heterocycles. The zero-order valence-corrected chi connectivity index (χ0v) is 10.4. The van der Waals surface area contributed by atoms with E-state index in [9.17, 15) is 4.79 Å². The standard InChI is InChI=1S/C11H15IO2/c12-8-2-5-11-4-1-3-10(11,6-8)7-14-9(11)13/h8H,1-7H2/t8?,10-,11+/m1/s1. The summed E-state index contributed by atoms with van der Waals surface area (Å²) >= 11 is 2.54. The molecule has 0 aromatic carbocycles. The van der Waals surface area contributed by atoms with Crippen molar-refractivity contribution < 1.29 is 9.53 Å².